The molecule has 2 rings (SSSR count). The molecule has 7 heteroatoms. The zero-order valence-corrected chi connectivity index (χ0v) is 11.5. The number of nitrogens with zero attached hydrogens (tertiary/aromatic N) is 4. The van der Waals surface area contributed by atoms with Gasteiger partial charge in [-0.2, -0.15) is 10.1 Å². The number of hydrogen-bond acceptors (Lipinski definition) is 4. The molecule has 0 saturated carbocycles. The van der Waals surface area contributed by atoms with E-state index in [2.05, 4.69) is 37.1 Å². The van der Waals surface area contributed by atoms with E-state index in [9.17, 15) is 0 Å². The molecule has 5 nitrogen and oxygen atoms in total. The summed E-state index contributed by atoms with van der Waals surface area (Å²) in [5.74, 6) is 0. The third-order valence-electron chi connectivity index (χ3n) is 1.71. The second-order valence-electron chi connectivity index (χ2n) is 3.24. The number of hydrogen-bond donors (Lipinski definition) is 0. The standard InChI is InChI=1S/C8H10IN4OP/c1-5(2)14-8-10-3-6-4-11-13(15-9)7(6)12-8/h3-5,15H,1-2H3. The molecule has 0 aromatic carbocycles. The third kappa shape index (κ3) is 2.36. The molecule has 0 aliphatic heterocycles. The molecule has 15 heavy (non-hydrogen) atoms. The minimum atomic E-state index is 0.0841. The zero-order chi connectivity index (χ0) is 10.8. The average molecular weight is 336 g/mol. The van der Waals surface area contributed by atoms with Crippen LogP contribution in [-0.2, 0) is 0 Å². The van der Waals surface area contributed by atoms with Gasteiger partial charge >= 0.3 is 6.01 Å². The van der Waals surface area contributed by atoms with E-state index < -0.39 is 0 Å². The fraction of sp³-hybridized carbons (Fsp3) is 0.375. The van der Waals surface area contributed by atoms with Crippen LogP contribution in [0.3, 0.4) is 0 Å². The molecule has 80 valence electrons. The quantitative estimate of drug-likeness (QED) is 0.638. The molecule has 1 unspecified atom stereocenters. The highest BCUT2D eigenvalue weighted by molar-refractivity contribution is 14.2. The van der Waals surface area contributed by atoms with Crippen molar-refractivity contribution in [3.8, 4) is 6.01 Å². The largest absolute Gasteiger partial charge is 0.461 e. The highest BCUT2D eigenvalue weighted by atomic mass is 127. The summed E-state index contributed by atoms with van der Waals surface area (Å²) >= 11 is 2.26. The van der Waals surface area contributed by atoms with Crippen LogP contribution in [0.15, 0.2) is 12.4 Å². The summed E-state index contributed by atoms with van der Waals surface area (Å²) in [5, 5.41) is 5.14. The average Bonchev–Trinajstić information content (AvgIpc) is 2.59. The summed E-state index contributed by atoms with van der Waals surface area (Å²) in [7, 11) is 0. The molecular weight excluding hydrogens is 326 g/mol. The van der Waals surface area contributed by atoms with Gasteiger partial charge in [0, 0.05) is 6.20 Å². The van der Waals surface area contributed by atoms with E-state index >= 15 is 0 Å². The van der Waals surface area contributed by atoms with Gasteiger partial charge in [-0.3, -0.25) is 0 Å². The Labute approximate surface area is 102 Å². The summed E-state index contributed by atoms with van der Waals surface area (Å²) in [5.41, 5.74) is 0.827. The lowest BCUT2D eigenvalue weighted by Gasteiger charge is -2.06. The van der Waals surface area contributed by atoms with Crippen molar-refractivity contribution in [2.45, 2.75) is 20.0 Å². The first-order valence-corrected chi connectivity index (χ1v) is 8.51. The maximum absolute atomic E-state index is 5.43. The second-order valence-corrected chi connectivity index (χ2v) is 5.28. The molecule has 0 bridgehead atoms. The molecule has 2 aromatic heterocycles. The Morgan fingerprint density at radius 3 is 2.93 bits per heavy atom. The molecule has 0 saturated heterocycles. The Kier molecular flexibility index (Phi) is 3.35. The fourth-order valence-electron chi connectivity index (χ4n) is 1.13. The van der Waals surface area contributed by atoms with E-state index in [0.29, 0.717) is 12.4 Å². The van der Waals surface area contributed by atoms with Crippen molar-refractivity contribution < 1.29 is 4.74 Å². The topological polar surface area (TPSA) is 52.8 Å². The third-order valence-corrected chi connectivity index (χ3v) is 3.57. The van der Waals surface area contributed by atoms with Crippen molar-refractivity contribution >= 4 is 39.4 Å². The smallest absolute Gasteiger partial charge is 0.318 e. The van der Waals surface area contributed by atoms with Crippen LogP contribution >= 0.6 is 28.4 Å². The highest BCUT2D eigenvalue weighted by Gasteiger charge is 2.07. The highest BCUT2D eigenvalue weighted by Crippen LogP contribution is 2.27. The molecule has 0 fully saturated rings. The molecule has 1 atom stereocenters. The van der Waals surface area contributed by atoms with Gasteiger partial charge in [-0.15, -0.1) is 0 Å². The number of halogens is 1. The summed E-state index contributed by atoms with van der Waals surface area (Å²) in [6.45, 7) is 3.90. The van der Waals surface area contributed by atoms with E-state index in [4.69, 9.17) is 4.74 Å². The predicted molar refractivity (Wildman–Crippen MR) is 68.8 cm³/mol. The molecular formula is C8H10IN4OP. The van der Waals surface area contributed by atoms with Gasteiger partial charge in [0.1, 0.15) is 0 Å². The van der Waals surface area contributed by atoms with Gasteiger partial charge in [-0.05, 0) is 35.9 Å². The molecule has 0 aliphatic rings. The van der Waals surface area contributed by atoms with Crippen LogP contribution in [0.4, 0.5) is 0 Å². The van der Waals surface area contributed by atoms with Crippen molar-refractivity contribution in [2.24, 2.45) is 0 Å². The lowest BCUT2D eigenvalue weighted by molar-refractivity contribution is 0.223. The van der Waals surface area contributed by atoms with Gasteiger partial charge < -0.3 is 4.74 Å². The van der Waals surface area contributed by atoms with Crippen molar-refractivity contribution in [2.75, 3.05) is 0 Å². The number of fused-ring (bicyclic) bond motifs is 1. The molecule has 0 spiro atoms. The molecule has 2 heterocycles. The van der Waals surface area contributed by atoms with Gasteiger partial charge in [0.05, 0.1) is 24.1 Å². The minimum Gasteiger partial charge on any atom is -0.461 e. The van der Waals surface area contributed by atoms with Crippen LogP contribution in [0, 0.1) is 0 Å². The second kappa shape index (κ2) is 4.57. The zero-order valence-electron chi connectivity index (χ0n) is 8.31. The van der Waals surface area contributed by atoms with E-state index in [0.717, 1.165) is 11.0 Å². The normalized spacial score (nSPS) is 12.0. The van der Waals surface area contributed by atoms with E-state index in [-0.39, 0.29) is 6.10 Å². The first-order chi connectivity index (χ1) is 7.20. The Bertz CT molecular complexity index is 473. The number of aromatic nitrogens is 4. The fourth-order valence-corrected chi connectivity index (χ4v) is 2.55. The van der Waals surface area contributed by atoms with Crippen LogP contribution in [-0.4, -0.2) is 25.6 Å². The predicted octanol–water partition coefficient (Wildman–Crippen LogP) is 2.41. The maximum Gasteiger partial charge on any atom is 0.318 e. The van der Waals surface area contributed by atoms with Crippen molar-refractivity contribution in [1.82, 2.24) is 19.5 Å². The van der Waals surface area contributed by atoms with E-state index in [1.54, 1.807) is 12.4 Å². The summed E-state index contributed by atoms with van der Waals surface area (Å²) in [6.07, 6.45) is 4.11. The van der Waals surface area contributed by atoms with Gasteiger partial charge in [-0.25, -0.2) is 9.44 Å². The van der Waals surface area contributed by atoms with E-state index in [1.165, 1.54) is 0 Å². The van der Waals surface area contributed by atoms with Crippen molar-refractivity contribution in [1.29, 1.82) is 0 Å². The lowest BCUT2D eigenvalue weighted by atomic mass is 10.4. The molecule has 0 N–H and O–H groups in total. The summed E-state index contributed by atoms with van der Waals surface area (Å²) < 4.78 is 7.27. The van der Waals surface area contributed by atoms with Gasteiger partial charge in [-0.1, -0.05) is 0 Å². The summed E-state index contributed by atoms with van der Waals surface area (Å²) in [6, 6.07) is 0.411. The Morgan fingerprint density at radius 1 is 1.47 bits per heavy atom. The van der Waals surface area contributed by atoms with Gasteiger partial charge in [0.25, 0.3) is 0 Å². The molecule has 0 amide bonds. The molecule has 0 radical (unpaired) electrons. The van der Waals surface area contributed by atoms with Gasteiger partial charge in [0.15, 0.2) is 5.65 Å². The first kappa shape index (κ1) is 11.0. The minimum absolute atomic E-state index is 0.0841. The lowest BCUT2D eigenvalue weighted by Crippen LogP contribution is -2.08. The first-order valence-electron chi connectivity index (χ1n) is 4.45. The van der Waals surface area contributed by atoms with Crippen LogP contribution in [0.1, 0.15) is 13.8 Å². The van der Waals surface area contributed by atoms with Crippen LogP contribution in [0.2, 0.25) is 0 Å². The monoisotopic (exact) mass is 336 g/mol. The molecule has 2 aromatic rings. The maximum atomic E-state index is 5.43. The SMILES string of the molecule is CC(C)Oc1ncc2cnn(PI)c2n1. The number of rotatable bonds is 3. The van der Waals surface area contributed by atoms with Crippen molar-refractivity contribution in [3.05, 3.63) is 12.4 Å². The molecule has 0 aliphatic carbocycles. The van der Waals surface area contributed by atoms with Crippen LogP contribution in [0.5, 0.6) is 6.01 Å². The Balaban J connectivity index is 2.43. The van der Waals surface area contributed by atoms with Crippen LogP contribution < -0.4 is 4.74 Å². The van der Waals surface area contributed by atoms with Crippen LogP contribution in [0.25, 0.3) is 11.0 Å². The van der Waals surface area contributed by atoms with E-state index in [1.807, 2.05) is 18.3 Å². The van der Waals surface area contributed by atoms with Gasteiger partial charge in [0.2, 0.25) is 0 Å². The van der Waals surface area contributed by atoms with Crippen molar-refractivity contribution in [3.63, 3.8) is 0 Å². The number of ether oxygens (including phenoxy) is 1. The summed E-state index contributed by atoms with van der Waals surface area (Å²) in [4.78, 5) is 8.42. The Morgan fingerprint density at radius 2 is 2.27 bits per heavy atom. The Hall–Kier alpha value is -0.490.